The fourth-order valence-electron chi connectivity index (χ4n) is 0.454. The Bertz CT molecular complexity index is 83.1. The molecule has 0 unspecified atom stereocenters. The summed E-state index contributed by atoms with van der Waals surface area (Å²) in [5.74, 6) is -0.117. The van der Waals surface area contributed by atoms with Gasteiger partial charge in [-0.05, 0) is 22.4 Å². The molecule has 0 N–H and O–H groups in total. The van der Waals surface area contributed by atoms with Gasteiger partial charge in [-0.1, -0.05) is 13.3 Å². The van der Waals surface area contributed by atoms with Crippen LogP contribution in [0.1, 0.15) is 26.2 Å². The predicted octanol–water partition coefficient (Wildman–Crippen LogP) is 2.07. The molecule has 0 saturated heterocycles. The van der Waals surface area contributed by atoms with Gasteiger partial charge in [0.25, 0.3) is 0 Å². The van der Waals surface area contributed by atoms with Gasteiger partial charge in [0.2, 0.25) is 0 Å². The molecule has 3 heteroatoms. The van der Waals surface area contributed by atoms with Crippen LogP contribution in [0.4, 0.5) is 0 Å². The van der Waals surface area contributed by atoms with Gasteiger partial charge in [0.05, 0.1) is 0 Å². The van der Waals surface area contributed by atoms with Gasteiger partial charge in [-0.25, -0.2) is 0 Å². The topological polar surface area (TPSA) is 26.3 Å². The first-order chi connectivity index (χ1) is 4.31. The number of hydrogen-bond acceptors (Lipinski definition) is 2. The Morgan fingerprint density at radius 3 is 2.78 bits per heavy atom. The van der Waals surface area contributed by atoms with Crippen LogP contribution in [0.2, 0.25) is 0 Å². The second-order valence-corrected chi connectivity index (χ2v) is 2.19. The fraction of sp³-hybridized carbons (Fsp3) is 0.833. The summed E-state index contributed by atoms with van der Waals surface area (Å²) in [5.41, 5.74) is 0.315. The van der Waals surface area contributed by atoms with Crippen molar-refractivity contribution in [1.82, 2.24) is 0 Å². The summed E-state index contributed by atoms with van der Waals surface area (Å²) >= 11 is 3.00. The molecule has 0 aromatic heterocycles. The largest absolute Gasteiger partial charge is 0.454 e. The third-order valence-corrected chi connectivity index (χ3v) is 1.18. The second kappa shape index (κ2) is 6.08. The van der Waals surface area contributed by atoms with Gasteiger partial charge in [-0.15, -0.1) is 0 Å². The standard InChI is InChI=1S/C6H11BrO2/c1-2-3-4-6(8)9-5-7/h2-5H2,1H3. The molecule has 0 aromatic rings. The lowest BCUT2D eigenvalue weighted by Crippen LogP contribution is -2.01. The maximum atomic E-state index is 10.5. The van der Waals surface area contributed by atoms with Crippen LogP contribution in [-0.4, -0.2) is 11.5 Å². The number of halogens is 1. The molecule has 0 aliphatic rings. The van der Waals surface area contributed by atoms with E-state index in [-0.39, 0.29) is 5.97 Å². The van der Waals surface area contributed by atoms with E-state index in [9.17, 15) is 4.79 Å². The summed E-state index contributed by atoms with van der Waals surface area (Å²) in [6.45, 7) is 2.04. The molecule has 9 heavy (non-hydrogen) atoms. The summed E-state index contributed by atoms with van der Waals surface area (Å²) in [7, 11) is 0. The van der Waals surface area contributed by atoms with Crippen LogP contribution in [0.15, 0.2) is 0 Å². The molecule has 0 heterocycles. The number of ether oxygens (including phenoxy) is 1. The van der Waals surface area contributed by atoms with Crippen molar-refractivity contribution in [2.75, 3.05) is 5.52 Å². The zero-order chi connectivity index (χ0) is 7.11. The monoisotopic (exact) mass is 194 g/mol. The second-order valence-electron chi connectivity index (χ2n) is 1.73. The Morgan fingerprint density at radius 2 is 2.33 bits per heavy atom. The van der Waals surface area contributed by atoms with E-state index in [0.29, 0.717) is 11.9 Å². The van der Waals surface area contributed by atoms with Crippen LogP contribution in [0.3, 0.4) is 0 Å². The number of unbranched alkanes of at least 4 members (excludes halogenated alkanes) is 1. The average Bonchev–Trinajstić information content (AvgIpc) is 1.85. The van der Waals surface area contributed by atoms with Gasteiger partial charge in [-0.2, -0.15) is 0 Å². The first-order valence-corrected chi connectivity index (χ1v) is 4.15. The van der Waals surface area contributed by atoms with Gasteiger partial charge in [-0.3, -0.25) is 4.79 Å². The molecular weight excluding hydrogens is 184 g/mol. The van der Waals surface area contributed by atoms with Gasteiger partial charge in [0, 0.05) is 6.42 Å². The number of carbonyl (C=O) groups is 1. The zero-order valence-corrected chi connectivity index (χ0v) is 7.11. The van der Waals surface area contributed by atoms with Crippen LogP contribution >= 0.6 is 15.9 Å². The Hall–Kier alpha value is -0.0500. The van der Waals surface area contributed by atoms with E-state index in [1.165, 1.54) is 0 Å². The van der Waals surface area contributed by atoms with Gasteiger partial charge < -0.3 is 4.74 Å². The molecule has 0 radical (unpaired) electrons. The van der Waals surface area contributed by atoms with Gasteiger partial charge >= 0.3 is 5.97 Å². The Morgan fingerprint density at radius 1 is 1.67 bits per heavy atom. The normalized spacial score (nSPS) is 9.11. The maximum Gasteiger partial charge on any atom is 0.306 e. The highest BCUT2D eigenvalue weighted by Crippen LogP contribution is 1.96. The Labute approximate surface area is 63.7 Å². The summed E-state index contributed by atoms with van der Waals surface area (Å²) in [6.07, 6.45) is 2.51. The van der Waals surface area contributed by atoms with Crippen molar-refractivity contribution < 1.29 is 9.53 Å². The van der Waals surface area contributed by atoms with Crippen LogP contribution in [0, 0.1) is 0 Å². The molecule has 0 fully saturated rings. The highest BCUT2D eigenvalue weighted by Gasteiger charge is 1.97. The quantitative estimate of drug-likeness (QED) is 0.507. The minimum absolute atomic E-state index is 0.117. The van der Waals surface area contributed by atoms with Crippen molar-refractivity contribution in [2.24, 2.45) is 0 Å². The molecule has 0 saturated carbocycles. The third-order valence-electron chi connectivity index (χ3n) is 0.950. The van der Waals surface area contributed by atoms with E-state index in [1.807, 2.05) is 6.92 Å². The minimum Gasteiger partial charge on any atom is -0.454 e. The van der Waals surface area contributed by atoms with E-state index >= 15 is 0 Å². The molecule has 0 aliphatic carbocycles. The number of esters is 1. The fourth-order valence-corrected chi connectivity index (χ4v) is 0.709. The van der Waals surface area contributed by atoms with Crippen LogP contribution in [0.25, 0.3) is 0 Å². The summed E-state index contributed by atoms with van der Waals surface area (Å²) < 4.78 is 4.62. The van der Waals surface area contributed by atoms with E-state index in [2.05, 4.69) is 20.7 Å². The van der Waals surface area contributed by atoms with E-state index in [1.54, 1.807) is 0 Å². The minimum atomic E-state index is -0.117. The number of alkyl halides is 1. The van der Waals surface area contributed by atoms with Gasteiger partial charge in [0.15, 0.2) is 0 Å². The first-order valence-electron chi connectivity index (χ1n) is 3.02. The Balaban J connectivity index is 3.06. The molecule has 0 aromatic carbocycles. The summed E-state index contributed by atoms with van der Waals surface area (Å²) in [5, 5.41) is 0. The molecule has 54 valence electrons. The molecule has 2 nitrogen and oxygen atoms in total. The maximum absolute atomic E-state index is 10.5. The molecule has 0 atom stereocenters. The number of rotatable bonds is 4. The average molecular weight is 195 g/mol. The van der Waals surface area contributed by atoms with Crippen molar-refractivity contribution >= 4 is 21.9 Å². The number of hydrogen-bond donors (Lipinski definition) is 0. The third kappa shape index (κ3) is 5.83. The molecule has 0 spiro atoms. The SMILES string of the molecule is CCCCC(=O)OCBr. The molecule has 0 rings (SSSR count). The van der Waals surface area contributed by atoms with Crippen molar-refractivity contribution in [3.05, 3.63) is 0 Å². The highest BCUT2D eigenvalue weighted by atomic mass is 79.9. The van der Waals surface area contributed by atoms with Crippen molar-refractivity contribution in [2.45, 2.75) is 26.2 Å². The zero-order valence-electron chi connectivity index (χ0n) is 5.52. The van der Waals surface area contributed by atoms with Gasteiger partial charge in [0.1, 0.15) is 5.52 Å². The molecule has 0 bridgehead atoms. The van der Waals surface area contributed by atoms with Crippen molar-refractivity contribution in [3.63, 3.8) is 0 Å². The van der Waals surface area contributed by atoms with Crippen LogP contribution in [-0.2, 0) is 9.53 Å². The molecular formula is C6H11BrO2. The smallest absolute Gasteiger partial charge is 0.306 e. The van der Waals surface area contributed by atoms with E-state index in [0.717, 1.165) is 12.8 Å². The summed E-state index contributed by atoms with van der Waals surface area (Å²) in [4.78, 5) is 10.5. The van der Waals surface area contributed by atoms with Crippen molar-refractivity contribution in [1.29, 1.82) is 0 Å². The van der Waals surface area contributed by atoms with Crippen LogP contribution in [0.5, 0.6) is 0 Å². The van der Waals surface area contributed by atoms with Crippen molar-refractivity contribution in [3.8, 4) is 0 Å². The summed E-state index contributed by atoms with van der Waals surface area (Å²) in [6, 6.07) is 0. The Kier molecular flexibility index (Phi) is 6.04. The molecule has 0 aliphatic heterocycles. The number of carbonyl (C=O) groups excluding carboxylic acids is 1. The lowest BCUT2D eigenvalue weighted by atomic mass is 10.3. The van der Waals surface area contributed by atoms with E-state index < -0.39 is 0 Å². The van der Waals surface area contributed by atoms with Crippen LogP contribution < -0.4 is 0 Å². The lowest BCUT2D eigenvalue weighted by Gasteiger charge is -1.97. The van der Waals surface area contributed by atoms with E-state index in [4.69, 9.17) is 0 Å². The predicted molar refractivity (Wildman–Crippen MR) is 39.4 cm³/mol. The lowest BCUT2D eigenvalue weighted by molar-refractivity contribution is -0.141. The first kappa shape index (κ1) is 8.95. The molecule has 0 amide bonds. The highest BCUT2D eigenvalue weighted by molar-refractivity contribution is 9.09.